The van der Waals surface area contributed by atoms with Crippen molar-refractivity contribution in [1.29, 1.82) is 0 Å². The van der Waals surface area contributed by atoms with Gasteiger partial charge < -0.3 is 10.6 Å². The fourth-order valence-electron chi connectivity index (χ4n) is 2.55. The van der Waals surface area contributed by atoms with Gasteiger partial charge >= 0.3 is 0 Å². The number of likely N-dealkylation sites (N-methyl/N-ethyl adjacent to an activating group) is 1. The van der Waals surface area contributed by atoms with E-state index >= 15 is 0 Å². The van der Waals surface area contributed by atoms with Crippen molar-refractivity contribution in [2.45, 2.75) is 51.7 Å². The van der Waals surface area contributed by atoms with Crippen LogP contribution in [0, 0.1) is 0 Å². The number of nitrogens with zero attached hydrogens (tertiary/aromatic N) is 1. The third kappa shape index (κ3) is 2.55. The molecule has 2 N–H and O–H groups in total. The molecular weight excluding hydrogens is 202 g/mol. The lowest BCUT2D eigenvalue weighted by Gasteiger charge is -2.50. The lowest BCUT2D eigenvalue weighted by Crippen LogP contribution is -2.69. The van der Waals surface area contributed by atoms with E-state index in [9.17, 15) is 4.79 Å². The molecule has 2 atom stereocenters. The Kier molecular flexibility index (Phi) is 4.33. The van der Waals surface area contributed by atoms with E-state index in [1.807, 2.05) is 7.05 Å². The Balaban J connectivity index is 2.93. The second kappa shape index (κ2) is 5.15. The Bertz CT molecular complexity index is 253. The molecule has 0 bridgehead atoms. The highest BCUT2D eigenvalue weighted by Crippen LogP contribution is 2.25. The van der Waals surface area contributed by atoms with Gasteiger partial charge in [0.1, 0.15) is 6.04 Å². The Morgan fingerprint density at radius 1 is 1.62 bits per heavy atom. The minimum Gasteiger partial charge on any atom is -0.353 e. The molecule has 0 aromatic carbocycles. The van der Waals surface area contributed by atoms with Gasteiger partial charge in [0.15, 0.2) is 0 Å². The average molecular weight is 227 g/mol. The number of rotatable bonds is 4. The first kappa shape index (κ1) is 13.5. The van der Waals surface area contributed by atoms with Crippen LogP contribution in [0.4, 0.5) is 0 Å². The van der Waals surface area contributed by atoms with Gasteiger partial charge in [0.05, 0.1) is 0 Å². The van der Waals surface area contributed by atoms with Gasteiger partial charge in [0.25, 0.3) is 0 Å². The molecule has 0 spiro atoms. The number of piperazine rings is 1. The molecule has 2 unspecified atom stereocenters. The first-order valence-corrected chi connectivity index (χ1v) is 6.14. The number of hydrogen-bond donors (Lipinski definition) is 2. The van der Waals surface area contributed by atoms with E-state index in [4.69, 9.17) is 0 Å². The summed E-state index contributed by atoms with van der Waals surface area (Å²) in [5, 5.41) is 6.11. The fraction of sp³-hybridized carbons (Fsp3) is 0.917. The summed E-state index contributed by atoms with van der Waals surface area (Å²) in [6, 6.07) is 0.378. The van der Waals surface area contributed by atoms with Crippen LogP contribution in [0.2, 0.25) is 0 Å². The number of carbonyl (C=O) groups excluding carboxylic acids is 1. The lowest BCUT2D eigenvalue weighted by molar-refractivity contribution is -0.136. The van der Waals surface area contributed by atoms with Gasteiger partial charge in [0.2, 0.25) is 5.91 Å². The predicted octanol–water partition coefficient (Wildman–Crippen LogP) is 0.583. The SMILES string of the molecule is CCC(C)N1C(CNC)C(=O)NCC1(C)C. The van der Waals surface area contributed by atoms with Crippen LogP contribution in [0.5, 0.6) is 0 Å². The highest BCUT2D eigenvalue weighted by Gasteiger charge is 2.42. The Morgan fingerprint density at radius 2 is 2.25 bits per heavy atom. The molecule has 1 rings (SSSR count). The molecule has 0 radical (unpaired) electrons. The molecule has 1 heterocycles. The van der Waals surface area contributed by atoms with Crippen molar-refractivity contribution in [1.82, 2.24) is 15.5 Å². The van der Waals surface area contributed by atoms with Crippen LogP contribution in [-0.2, 0) is 4.79 Å². The van der Waals surface area contributed by atoms with Crippen molar-refractivity contribution in [3.63, 3.8) is 0 Å². The fourth-order valence-corrected chi connectivity index (χ4v) is 2.55. The van der Waals surface area contributed by atoms with Crippen molar-refractivity contribution >= 4 is 5.91 Å². The van der Waals surface area contributed by atoms with Crippen LogP contribution >= 0.6 is 0 Å². The molecular formula is C12H25N3O. The van der Waals surface area contributed by atoms with Crippen LogP contribution in [0.1, 0.15) is 34.1 Å². The second-order valence-electron chi connectivity index (χ2n) is 5.27. The first-order chi connectivity index (χ1) is 7.44. The summed E-state index contributed by atoms with van der Waals surface area (Å²) in [5.41, 5.74) is 0.0326. The molecule has 1 fully saturated rings. The molecule has 1 amide bonds. The smallest absolute Gasteiger partial charge is 0.238 e. The van der Waals surface area contributed by atoms with Crippen LogP contribution in [0.25, 0.3) is 0 Å². The second-order valence-corrected chi connectivity index (χ2v) is 5.27. The van der Waals surface area contributed by atoms with Crippen LogP contribution < -0.4 is 10.6 Å². The van der Waals surface area contributed by atoms with Crippen LogP contribution in [0.15, 0.2) is 0 Å². The topological polar surface area (TPSA) is 44.4 Å². The van der Waals surface area contributed by atoms with E-state index in [-0.39, 0.29) is 17.5 Å². The average Bonchev–Trinajstić information content (AvgIpc) is 2.23. The van der Waals surface area contributed by atoms with Crippen LogP contribution in [-0.4, -0.2) is 48.6 Å². The van der Waals surface area contributed by atoms with E-state index in [0.29, 0.717) is 12.6 Å². The number of carbonyl (C=O) groups is 1. The van der Waals surface area contributed by atoms with E-state index in [1.165, 1.54) is 0 Å². The van der Waals surface area contributed by atoms with Crippen molar-refractivity contribution in [3.05, 3.63) is 0 Å². The van der Waals surface area contributed by atoms with E-state index in [0.717, 1.165) is 13.0 Å². The zero-order chi connectivity index (χ0) is 12.3. The molecule has 4 heteroatoms. The number of hydrogen-bond acceptors (Lipinski definition) is 3. The Morgan fingerprint density at radius 3 is 2.75 bits per heavy atom. The zero-order valence-electron chi connectivity index (χ0n) is 11.1. The van der Waals surface area contributed by atoms with Gasteiger partial charge in [-0.3, -0.25) is 9.69 Å². The molecule has 0 aromatic heterocycles. The zero-order valence-corrected chi connectivity index (χ0v) is 11.1. The number of nitrogens with one attached hydrogen (secondary N) is 2. The number of amides is 1. The molecule has 94 valence electrons. The summed E-state index contributed by atoms with van der Waals surface area (Å²) in [4.78, 5) is 14.3. The van der Waals surface area contributed by atoms with Gasteiger partial charge in [0, 0.05) is 24.7 Å². The van der Waals surface area contributed by atoms with Crippen molar-refractivity contribution in [2.24, 2.45) is 0 Å². The monoisotopic (exact) mass is 227 g/mol. The van der Waals surface area contributed by atoms with Gasteiger partial charge in [-0.1, -0.05) is 6.92 Å². The summed E-state index contributed by atoms with van der Waals surface area (Å²) >= 11 is 0. The third-order valence-corrected chi connectivity index (χ3v) is 3.50. The quantitative estimate of drug-likeness (QED) is 0.738. The summed E-state index contributed by atoms with van der Waals surface area (Å²) in [7, 11) is 1.89. The van der Waals surface area contributed by atoms with Crippen molar-refractivity contribution in [3.8, 4) is 0 Å². The van der Waals surface area contributed by atoms with Gasteiger partial charge in [-0.15, -0.1) is 0 Å². The van der Waals surface area contributed by atoms with E-state index < -0.39 is 0 Å². The Hall–Kier alpha value is -0.610. The van der Waals surface area contributed by atoms with Gasteiger partial charge in [-0.2, -0.15) is 0 Å². The highest BCUT2D eigenvalue weighted by molar-refractivity contribution is 5.83. The van der Waals surface area contributed by atoms with Gasteiger partial charge in [-0.05, 0) is 34.2 Å². The molecule has 1 aliphatic rings. The molecule has 1 saturated heterocycles. The summed E-state index contributed by atoms with van der Waals surface area (Å²) in [6.45, 7) is 10.2. The maximum absolute atomic E-state index is 11.9. The normalized spacial score (nSPS) is 27.6. The minimum atomic E-state index is -0.0521. The Labute approximate surface area is 98.8 Å². The summed E-state index contributed by atoms with van der Waals surface area (Å²) in [5.74, 6) is 0.147. The molecule has 1 aliphatic heterocycles. The maximum Gasteiger partial charge on any atom is 0.238 e. The first-order valence-electron chi connectivity index (χ1n) is 6.14. The third-order valence-electron chi connectivity index (χ3n) is 3.50. The summed E-state index contributed by atoms with van der Waals surface area (Å²) < 4.78 is 0. The van der Waals surface area contributed by atoms with Gasteiger partial charge in [-0.25, -0.2) is 0 Å². The van der Waals surface area contributed by atoms with E-state index in [2.05, 4.69) is 43.2 Å². The predicted molar refractivity (Wildman–Crippen MR) is 66.4 cm³/mol. The lowest BCUT2D eigenvalue weighted by atomic mass is 9.92. The molecule has 0 aromatic rings. The molecule has 0 aliphatic carbocycles. The highest BCUT2D eigenvalue weighted by atomic mass is 16.2. The molecule has 16 heavy (non-hydrogen) atoms. The largest absolute Gasteiger partial charge is 0.353 e. The molecule has 4 nitrogen and oxygen atoms in total. The van der Waals surface area contributed by atoms with Crippen molar-refractivity contribution < 1.29 is 4.79 Å². The van der Waals surface area contributed by atoms with Crippen molar-refractivity contribution in [2.75, 3.05) is 20.1 Å². The maximum atomic E-state index is 11.9. The standard InChI is InChI=1S/C12H25N3O/c1-6-9(2)15-10(7-13-5)11(16)14-8-12(15,3)4/h9-10,13H,6-8H2,1-5H3,(H,14,16). The summed E-state index contributed by atoms with van der Waals surface area (Å²) in [6.07, 6.45) is 1.07. The molecule has 0 saturated carbocycles. The van der Waals surface area contributed by atoms with E-state index in [1.54, 1.807) is 0 Å². The van der Waals surface area contributed by atoms with Crippen LogP contribution in [0.3, 0.4) is 0 Å². The minimum absolute atomic E-state index is 0.0326.